The van der Waals surface area contributed by atoms with Gasteiger partial charge < -0.3 is 4.90 Å². The Morgan fingerprint density at radius 1 is 1.00 bits per heavy atom. The van der Waals surface area contributed by atoms with Crippen molar-refractivity contribution in [1.82, 2.24) is 4.90 Å². The van der Waals surface area contributed by atoms with Gasteiger partial charge in [-0.05, 0) is 26.9 Å². The first-order valence-corrected chi connectivity index (χ1v) is 14.9. The van der Waals surface area contributed by atoms with Gasteiger partial charge in [0.05, 0.1) is 8.07 Å². The van der Waals surface area contributed by atoms with Crippen LogP contribution >= 0.6 is 0 Å². The van der Waals surface area contributed by atoms with E-state index in [9.17, 15) is 0 Å². The quantitative estimate of drug-likeness (QED) is 0.430. The van der Waals surface area contributed by atoms with E-state index in [0.717, 1.165) is 6.42 Å². The molecule has 22 heavy (non-hydrogen) atoms. The molecule has 0 bridgehead atoms. The second-order valence-electron chi connectivity index (χ2n) is 8.01. The number of benzene rings is 1. The summed E-state index contributed by atoms with van der Waals surface area (Å²) in [5, 5.41) is 1.56. The molecule has 0 saturated heterocycles. The predicted molar refractivity (Wildman–Crippen MR) is 106 cm³/mol. The SMILES string of the molecule is CN(C)C(CCCC#C[Si](C)(C)C)[Si](C)(C)c1ccccc1. The third kappa shape index (κ3) is 6.12. The van der Waals surface area contributed by atoms with Gasteiger partial charge in [0.2, 0.25) is 0 Å². The highest BCUT2D eigenvalue weighted by Crippen LogP contribution is 2.19. The van der Waals surface area contributed by atoms with E-state index in [0.29, 0.717) is 5.67 Å². The summed E-state index contributed by atoms with van der Waals surface area (Å²) in [7, 11) is 1.77. The van der Waals surface area contributed by atoms with Crippen molar-refractivity contribution in [3.8, 4) is 11.5 Å². The Bertz CT molecular complexity index is 504. The Labute approximate surface area is 140 Å². The summed E-state index contributed by atoms with van der Waals surface area (Å²) in [6.07, 6.45) is 3.51. The first-order chi connectivity index (χ1) is 10.1. The zero-order valence-electron chi connectivity index (χ0n) is 15.5. The van der Waals surface area contributed by atoms with Crippen LogP contribution < -0.4 is 5.19 Å². The molecule has 1 aromatic rings. The van der Waals surface area contributed by atoms with Crippen LogP contribution in [0.2, 0.25) is 32.7 Å². The minimum absolute atomic E-state index is 0.670. The molecule has 0 saturated carbocycles. The van der Waals surface area contributed by atoms with E-state index in [1.54, 1.807) is 5.19 Å². The van der Waals surface area contributed by atoms with Gasteiger partial charge in [0.1, 0.15) is 8.07 Å². The largest absolute Gasteiger partial charge is 0.309 e. The Hall–Kier alpha value is -0.826. The zero-order valence-corrected chi connectivity index (χ0v) is 17.5. The average Bonchev–Trinajstić information content (AvgIpc) is 2.41. The van der Waals surface area contributed by atoms with Crippen molar-refractivity contribution in [2.75, 3.05) is 14.1 Å². The topological polar surface area (TPSA) is 3.24 Å². The molecule has 122 valence electrons. The summed E-state index contributed by atoms with van der Waals surface area (Å²) in [6, 6.07) is 11.1. The normalized spacial score (nSPS) is 13.6. The van der Waals surface area contributed by atoms with Gasteiger partial charge in [0.15, 0.2) is 0 Å². The van der Waals surface area contributed by atoms with Crippen molar-refractivity contribution in [2.45, 2.75) is 57.7 Å². The van der Waals surface area contributed by atoms with E-state index >= 15 is 0 Å². The van der Waals surface area contributed by atoms with Crippen molar-refractivity contribution in [1.29, 1.82) is 0 Å². The molecule has 0 aliphatic rings. The van der Waals surface area contributed by atoms with Gasteiger partial charge in [-0.15, -0.1) is 11.5 Å². The summed E-state index contributed by atoms with van der Waals surface area (Å²) >= 11 is 0. The first kappa shape index (κ1) is 19.2. The summed E-state index contributed by atoms with van der Waals surface area (Å²) in [6.45, 7) is 11.9. The predicted octanol–water partition coefficient (Wildman–Crippen LogP) is 4.12. The van der Waals surface area contributed by atoms with Gasteiger partial charge in [0, 0.05) is 12.1 Å². The molecule has 0 aromatic heterocycles. The lowest BCUT2D eigenvalue weighted by Crippen LogP contribution is -2.58. The Morgan fingerprint density at radius 2 is 1.59 bits per heavy atom. The van der Waals surface area contributed by atoms with E-state index in [1.807, 2.05) is 0 Å². The molecule has 0 radical (unpaired) electrons. The lowest BCUT2D eigenvalue weighted by Gasteiger charge is -2.37. The molecular weight excluding hydrogens is 298 g/mol. The van der Waals surface area contributed by atoms with E-state index in [-0.39, 0.29) is 0 Å². The third-order valence-electron chi connectivity index (χ3n) is 4.22. The standard InChI is InChI=1S/C19H33NSi2/c1-20(2)19(16-12-9-13-17-21(3,4)5)22(6,7)18-14-10-8-11-15-18/h8,10-11,14-15,19H,9,12,16H2,1-7H3. The summed E-state index contributed by atoms with van der Waals surface area (Å²) < 4.78 is 0. The lowest BCUT2D eigenvalue weighted by molar-refractivity contribution is 0.345. The van der Waals surface area contributed by atoms with Crippen molar-refractivity contribution >= 4 is 21.3 Å². The maximum Gasteiger partial charge on any atom is 0.129 e. The Kier molecular flexibility index (Phi) is 7.12. The van der Waals surface area contributed by atoms with Crippen molar-refractivity contribution in [3.05, 3.63) is 30.3 Å². The minimum Gasteiger partial charge on any atom is -0.309 e. The molecule has 1 nitrogen and oxygen atoms in total. The van der Waals surface area contributed by atoms with Crippen LogP contribution in [0.5, 0.6) is 0 Å². The molecule has 1 atom stereocenters. The molecule has 1 unspecified atom stereocenters. The highest BCUT2D eigenvalue weighted by molar-refractivity contribution is 6.91. The van der Waals surface area contributed by atoms with Crippen LogP contribution in [-0.2, 0) is 0 Å². The van der Waals surface area contributed by atoms with Crippen molar-refractivity contribution < 1.29 is 0 Å². The molecule has 0 N–H and O–H groups in total. The fourth-order valence-electron chi connectivity index (χ4n) is 3.04. The van der Waals surface area contributed by atoms with Crippen molar-refractivity contribution in [2.24, 2.45) is 0 Å². The molecule has 0 heterocycles. The Balaban J connectivity index is 2.71. The number of hydrogen-bond acceptors (Lipinski definition) is 1. The molecule has 0 amide bonds. The number of rotatable bonds is 6. The van der Waals surface area contributed by atoms with Gasteiger partial charge in [-0.25, -0.2) is 0 Å². The highest BCUT2D eigenvalue weighted by Gasteiger charge is 2.34. The molecule has 0 spiro atoms. The second kappa shape index (κ2) is 8.15. The van der Waals surface area contributed by atoms with Gasteiger partial charge in [-0.2, -0.15) is 0 Å². The maximum atomic E-state index is 3.48. The summed E-state index contributed by atoms with van der Waals surface area (Å²) in [4.78, 5) is 2.44. The number of hydrogen-bond donors (Lipinski definition) is 0. The molecule has 1 aromatic carbocycles. The maximum absolute atomic E-state index is 3.48. The molecule has 1 rings (SSSR count). The van der Waals surface area contributed by atoms with Crippen molar-refractivity contribution in [3.63, 3.8) is 0 Å². The smallest absolute Gasteiger partial charge is 0.129 e. The molecular formula is C19H33NSi2. The fraction of sp³-hybridized carbons (Fsp3) is 0.579. The van der Waals surface area contributed by atoms with Gasteiger partial charge in [0.25, 0.3) is 0 Å². The van der Waals surface area contributed by atoms with Crippen LogP contribution in [0.1, 0.15) is 19.3 Å². The number of nitrogens with zero attached hydrogens (tertiary/aromatic N) is 1. The van der Waals surface area contributed by atoms with E-state index in [2.05, 4.69) is 93.5 Å². The van der Waals surface area contributed by atoms with E-state index < -0.39 is 16.1 Å². The second-order valence-corrected chi connectivity index (χ2v) is 17.4. The fourth-order valence-corrected chi connectivity index (χ4v) is 7.34. The van der Waals surface area contributed by atoms with Crippen LogP contribution in [0.3, 0.4) is 0 Å². The molecule has 0 aliphatic heterocycles. The summed E-state index contributed by atoms with van der Waals surface area (Å²) in [5.41, 5.74) is 4.15. The van der Waals surface area contributed by atoms with Crippen LogP contribution in [0.25, 0.3) is 0 Å². The highest BCUT2D eigenvalue weighted by atomic mass is 28.3. The lowest BCUT2D eigenvalue weighted by atomic mass is 10.2. The molecule has 0 aliphatic carbocycles. The summed E-state index contributed by atoms with van der Waals surface area (Å²) in [5.74, 6) is 3.42. The van der Waals surface area contributed by atoms with Gasteiger partial charge in [-0.3, -0.25) is 0 Å². The third-order valence-corrected chi connectivity index (χ3v) is 9.44. The monoisotopic (exact) mass is 331 g/mol. The van der Waals surface area contributed by atoms with Crippen LogP contribution in [-0.4, -0.2) is 40.8 Å². The minimum atomic E-state index is -1.48. The average molecular weight is 332 g/mol. The van der Waals surface area contributed by atoms with Crippen LogP contribution in [0.15, 0.2) is 30.3 Å². The zero-order chi connectivity index (χ0) is 16.8. The first-order valence-electron chi connectivity index (χ1n) is 8.36. The molecule has 0 fully saturated rings. The van der Waals surface area contributed by atoms with E-state index in [4.69, 9.17) is 0 Å². The van der Waals surface area contributed by atoms with Crippen LogP contribution in [0.4, 0.5) is 0 Å². The van der Waals surface area contributed by atoms with E-state index in [1.165, 1.54) is 12.8 Å². The van der Waals surface area contributed by atoms with Gasteiger partial charge in [-0.1, -0.05) is 68.3 Å². The molecule has 3 heteroatoms. The van der Waals surface area contributed by atoms with Crippen LogP contribution in [0, 0.1) is 11.5 Å². The Morgan fingerprint density at radius 3 is 2.09 bits per heavy atom. The van der Waals surface area contributed by atoms with Gasteiger partial charge >= 0.3 is 0 Å². The number of unbranched alkanes of at least 4 members (excludes halogenated alkanes) is 1.